The average Bonchev–Trinajstić information content (AvgIpc) is 2.95. The van der Waals surface area contributed by atoms with Crippen molar-refractivity contribution in [3.63, 3.8) is 0 Å². The molecule has 4 rings (SSSR count). The van der Waals surface area contributed by atoms with Gasteiger partial charge in [-0.3, -0.25) is 4.90 Å². The Morgan fingerprint density at radius 2 is 1.96 bits per heavy atom. The molecule has 0 radical (unpaired) electrons. The number of hydrogen-bond donors (Lipinski definition) is 3. The van der Waals surface area contributed by atoms with Crippen LogP contribution in [0.1, 0.15) is 36.3 Å². The lowest BCUT2D eigenvalue weighted by atomic mass is 9.88. The van der Waals surface area contributed by atoms with Crippen molar-refractivity contribution < 1.29 is 10.2 Å². The molecular formula is C20H26N2O2. The van der Waals surface area contributed by atoms with E-state index in [0.717, 1.165) is 63.0 Å². The number of hydrogen-bond acceptors (Lipinski definition) is 4. The Hall–Kier alpha value is -1.78. The molecular weight excluding hydrogens is 300 g/mol. The fourth-order valence-electron chi connectivity index (χ4n) is 4.49. The number of rotatable bonds is 3. The number of piperazine rings is 1. The van der Waals surface area contributed by atoms with E-state index in [1.807, 2.05) is 6.07 Å². The predicted octanol–water partition coefficient (Wildman–Crippen LogP) is 2.68. The maximum atomic E-state index is 10.3. The van der Waals surface area contributed by atoms with E-state index in [-0.39, 0.29) is 11.5 Å². The van der Waals surface area contributed by atoms with Crippen LogP contribution in [0.4, 0.5) is 0 Å². The molecule has 4 heteroatoms. The molecule has 1 saturated heterocycles. The fraction of sp³-hybridized carbons (Fsp3) is 0.500. The van der Waals surface area contributed by atoms with Crippen LogP contribution in [0, 0.1) is 0 Å². The molecule has 0 bridgehead atoms. The largest absolute Gasteiger partial charge is 0.508 e. The molecule has 0 amide bonds. The van der Waals surface area contributed by atoms with Gasteiger partial charge in [-0.25, -0.2) is 0 Å². The molecule has 24 heavy (non-hydrogen) atoms. The summed E-state index contributed by atoms with van der Waals surface area (Å²) in [5.74, 6) is 0.760. The van der Waals surface area contributed by atoms with E-state index in [4.69, 9.17) is 0 Å². The van der Waals surface area contributed by atoms with Crippen molar-refractivity contribution in [2.45, 2.75) is 37.6 Å². The first kappa shape index (κ1) is 15.7. The normalized spacial score (nSPS) is 27.1. The van der Waals surface area contributed by atoms with E-state index in [1.165, 1.54) is 11.6 Å². The minimum Gasteiger partial charge on any atom is -0.508 e. The summed E-state index contributed by atoms with van der Waals surface area (Å²) in [4.78, 5) is 2.56. The number of aromatic hydroxyl groups is 2. The van der Waals surface area contributed by atoms with Gasteiger partial charge in [0.1, 0.15) is 11.5 Å². The van der Waals surface area contributed by atoms with Crippen molar-refractivity contribution in [3.8, 4) is 11.5 Å². The second kappa shape index (κ2) is 6.61. The number of nitrogens with one attached hydrogen (secondary N) is 1. The first-order valence-electron chi connectivity index (χ1n) is 9.07. The Kier molecular flexibility index (Phi) is 4.33. The zero-order valence-corrected chi connectivity index (χ0v) is 14.0. The standard InChI is InChI=1S/C20H26N2O2/c23-15-11-16-17(10-14-4-2-1-3-5-14)19(13-18(16)20(24)12-15)22-8-6-21-7-9-22/h2,4-5,11-12,17,19,21,23-24H,1,3,6-10,13H2/t17-,19-/m0/s1. The summed E-state index contributed by atoms with van der Waals surface area (Å²) in [5.41, 5.74) is 3.56. The first-order chi connectivity index (χ1) is 11.7. The van der Waals surface area contributed by atoms with Gasteiger partial charge >= 0.3 is 0 Å². The highest BCUT2D eigenvalue weighted by Crippen LogP contribution is 2.45. The van der Waals surface area contributed by atoms with Crippen molar-refractivity contribution in [2.24, 2.45) is 0 Å². The summed E-state index contributed by atoms with van der Waals surface area (Å²) < 4.78 is 0. The predicted molar refractivity (Wildman–Crippen MR) is 95.5 cm³/mol. The summed E-state index contributed by atoms with van der Waals surface area (Å²) in [6, 6.07) is 3.76. The van der Waals surface area contributed by atoms with Crippen LogP contribution in [0.25, 0.3) is 0 Å². The third-order valence-corrected chi connectivity index (χ3v) is 5.67. The number of benzene rings is 1. The minimum absolute atomic E-state index is 0.172. The monoisotopic (exact) mass is 326 g/mol. The molecule has 1 fully saturated rings. The summed E-state index contributed by atoms with van der Waals surface area (Å²) in [7, 11) is 0. The molecule has 3 N–H and O–H groups in total. The van der Waals surface area contributed by atoms with Gasteiger partial charge in [0.05, 0.1) is 0 Å². The molecule has 0 unspecified atom stereocenters. The SMILES string of the molecule is Oc1cc(O)c2c(c1)[C@H](CC1=CCCC=C1)[C@@H](N1CCNCC1)C2. The van der Waals surface area contributed by atoms with Crippen molar-refractivity contribution in [3.05, 3.63) is 47.1 Å². The van der Waals surface area contributed by atoms with Gasteiger partial charge < -0.3 is 15.5 Å². The maximum absolute atomic E-state index is 10.3. The van der Waals surface area contributed by atoms with Crippen LogP contribution in [-0.2, 0) is 6.42 Å². The third kappa shape index (κ3) is 2.96. The molecule has 1 aromatic carbocycles. The van der Waals surface area contributed by atoms with E-state index in [9.17, 15) is 10.2 Å². The van der Waals surface area contributed by atoms with Crippen LogP contribution in [-0.4, -0.2) is 47.3 Å². The fourth-order valence-corrected chi connectivity index (χ4v) is 4.49. The number of phenolic OH excluding ortho intramolecular Hbond substituents is 2. The van der Waals surface area contributed by atoms with Gasteiger partial charge in [0.2, 0.25) is 0 Å². The lowest BCUT2D eigenvalue weighted by Gasteiger charge is -2.36. The summed E-state index contributed by atoms with van der Waals surface area (Å²) in [6.07, 6.45) is 11.0. The van der Waals surface area contributed by atoms with E-state index in [2.05, 4.69) is 28.4 Å². The van der Waals surface area contributed by atoms with Crippen LogP contribution < -0.4 is 5.32 Å². The topological polar surface area (TPSA) is 55.7 Å². The van der Waals surface area contributed by atoms with E-state index in [1.54, 1.807) is 0 Å². The zero-order chi connectivity index (χ0) is 16.5. The lowest BCUT2D eigenvalue weighted by molar-refractivity contribution is 0.157. The molecule has 0 aromatic heterocycles. The van der Waals surface area contributed by atoms with Crippen LogP contribution in [0.3, 0.4) is 0 Å². The van der Waals surface area contributed by atoms with Gasteiger partial charge in [-0.15, -0.1) is 0 Å². The smallest absolute Gasteiger partial charge is 0.122 e. The summed E-state index contributed by atoms with van der Waals surface area (Å²) in [5, 5.41) is 23.7. The second-order valence-corrected chi connectivity index (χ2v) is 7.16. The number of phenols is 2. The van der Waals surface area contributed by atoms with Crippen molar-refractivity contribution >= 4 is 0 Å². The van der Waals surface area contributed by atoms with Gasteiger partial charge in [0.15, 0.2) is 0 Å². The second-order valence-electron chi connectivity index (χ2n) is 7.16. The third-order valence-electron chi connectivity index (χ3n) is 5.67. The van der Waals surface area contributed by atoms with Crippen LogP contribution in [0.15, 0.2) is 35.9 Å². The van der Waals surface area contributed by atoms with Gasteiger partial charge in [-0.2, -0.15) is 0 Å². The molecule has 1 aliphatic heterocycles. The van der Waals surface area contributed by atoms with Gasteiger partial charge in [-0.1, -0.05) is 23.8 Å². The van der Waals surface area contributed by atoms with Crippen molar-refractivity contribution in [2.75, 3.05) is 26.2 Å². The molecule has 3 aliphatic rings. The highest BCUT2D eigenvalue weighted by atomic mass is 16.3. The van der Waals surface area contributed by atoms with Gasteiger partial charge in [-0.05, 0) is 42.9 Å². The average molecular weight is 326 g/mol. The molecule has 4 nitrogen and oxygen atoms in total. The summed E-state index contributed by atoms with van der Waals surface area (Å²) >= 11 is 0. The lowest BCUT2D eigenvalue weighted by Crippen LogP contribution is -2.49. The molecule has 2 atom stereocenters. The van der Waals surface area contributed by atoms with Crippen LogP contribution in [0.5, 0.6) is 11.5 Å². The zero-order valence-electron chi connectivity index (χ0n) is 14.0. The molecule has 128 valence electrons. The van der Waals surface area contributed by atoms with Crippen LogP contribution in [0.2, 0.25) is 0 Å². The van der Waals surface area contributed by atoms with Gasteiger partial charge in [0, 0.05) is 44.2 Å². The minimum atomic E-state index is 0.172. The number of nitrogens with zero attached hydrogens (tertiary/aromatic N) is 1. The molecule has 2 aliphatic carbocycles. The Labute approximate surface area is 143 Å². The molecule has 1 aromatic rings. The Bertz CT molecular complexity index is 674. The maximum Gasteiger partial charge on any atom is 0.122 e. The van der Waals surface area contributed by atoms with Gasteiger partial charge in [0.25, 0.3) is 0 Å². The molecule has 0 saturated carbocycles. The van der Waals surface area contributed by atoms with Crippen LogP contribution >= 0.6 is 0 Å². The van der Waals surface area contributed by atoms with E-state index >= 15 is 0 Å². The molecule has 1 heterocycles. The summed E-state index contributed by atoms with van der Waals surface area (Å²) in [6.45, 7) is 4.16. The number of fused-ring (bicyclic) bond motifs is 1. The first-order valence-corrected chi connectivity index (χ1v) is 9.07. The van der Waals surface area contributed by atoms with E-state index in [0.29, 0.717) is 12.0 Å². The highest BCUT2D eigenvalue weighted by Gasteiger charge is 2.38. The highest BCUT2D eigenvalue weighted by molar-refractivity contribution is 5.51. The molecule has 0 spiro atoms. The Balaban J connectivity index is 1.67. The quantitative estimate of drug-likeness (QED) is 0.799. The van der Waals surface area contributed by atoms with Crippen molar-refractivity contribution in [1.29, 1.82) is 0 Å². The number of allylic oxidation sites excluding steroid dienone is 4. The van der Waals surface area contributed by atoms with E-state index < -0.39 is 0 Å². The Morgan fingerprint density at radius 1 is 1.12 bits per heavy atom. The Morgan fingerprint density at radius 3 is 2.71 bits per heavy atom. The van der Waals surface area contributed by atoms with Crippen molar-refractivity contribution in [1.82, 2.24) is 10.2 Å².